The van der Waals surface area contributed by atoms with Gasteiger partial charge in [-0.05, 0) is 53.4 Å². The van der Waals surface area contributed by atoms with Crippen molar-refractivity contribution in [3.05, 3.63) is 59.0 Å². The Labute approximate surface area is 193 Å². The van der Waals surface area contributed by atoms with E-state index in [0.29, 0.717) is 25.2 Å². The Morgan fingerprint density at radius 1 is 1.09 bits per heavy atom. The van der Waals surface area contributed by atoms with Gasteiger partial charge in [-0.3, -0.25) is 4.79 Å². The fourth-order valence-electron chi connectivity index (χ4n) is 4.24. The van der Waals surface area contributed by atoms with Gasteiger partial charge in [-0.15, -0.1) is 11.3 Å². The summed E-state index contributed by atoms with van der Waals surface area (Å²) in [6.07, 6.45) is 2.14. The number of hydrogen-bond acceptors (Lipinski definition) is 5. The highest BCUT2D eigenvalue weighted by Gasteiger charge is 2.26. The van der Waals surface area contributed by atoms with Crippen molar-refractivity contribution in [3.8, 4) is 0 Å². The Hall–Kier alpha value is -2.42. The summed E-state index contributed by atoms with van der Waals surface area (Å²) < 4.78 is 28.7. The number of rotatable bonds is 8. The van der Waals surface area contributed by atoms with Crippen molar-refractivity contribution >= 4 is 43.0 Å². The molecule has 0 saturated carbocycles. The highest BCUT2D eigenvalue weighted by atomic mass is 32.2. The van der Waals surface area contributed by atoms with Crippen LogP contribution in [0.1, 0.15) is 42.6 Å². The van der Waals surface area contributed by atoms with Crippen LogP contribution >= 0.6 is 11.3 Å². The van der Waals surface area contributed by atoms with Crippen molar-refractivity contribution in [1.29, 1.82) is 0 Å². The molecule has 0 unspecified atom stereocenters. The molecular weight excluding hydrogens is 442 g/mol. The van der Waals surface area contributed by atoms with Crippen LogP contribution in [0, 0.1) is 0 Å². The monoisotopic (exact) mass is 471 g/mol. The summed E-state index contributed by atoms with van der Waals surface area (Å²) in [6, 6.07) is 13.1. The van der Waals surface area contributed by atoms with Crippen molar-refractivity contribution < 1.29 is 13.2 Å². The second kappa shape index (κ2) is 9.60. The van der Waals surface area contributed by atoms with Crippen LogP contribution in [-0.2, 0) is 16.6 Å². The number of fused-ring (bicyclic) bond motifs is 1. The minimum atomic E-state index is -3.65. The molecule has 1 fully saturated rings. The number of sulfonamides is 1. The van der Waals surface area contributed by atoms with Gasteiger partial charge in [0.1, 0.15) is 0 Å². The van der Waals surface area contributed by atoms with Gasteiger partial charge in [-0.25, -0.2) is 8.42 Å². The number of thiophene rings is 1. The van der Waals surface area contributed by atoms with E-state index in [-0.39, 0.29) is 10.8 Å². The third kappa shape index (κ3) is 4.40. The molecule has 8 heteroatoms. The summed E-state index contributed by atoms with van der Waals surface area (Å²) in [6.45, 7) is 6.56. The van der Waals surface area contributed by atoms with Crippen LogP contribution in [0.3, 0.4) is 0 Å². The number of carbonyl (C=O) groups excluding carboxylic acids is 1. The number of anilines is 1. The molecule has 0 bridgehead atoms. The van der Waals surface area contributed by atoms with Crippen molar-refractivity contribution in [1.82, 2.24) is 9.62 Å². The molecule has 0 atom stereocenters. The molecule has 0 aliphatic carbocycles. The van der Waals surface area contributed by atoms with Crippen molar-refractivity contribution in [2.75, 3.05) is 31.1 Å². The molecule has 2 heterocycles. The van der Waals surface area contributed by atoms with Gasteiger partial charge >= 0.3 is 0 Å². The quantitative estimate of drug-likeness (QED) is 0.527. The molecular formula is C24H29N3O3S2. The van der Waals surface area contributed by atoms with E-state index in [0.717, 1.165) is 42.6 Å². The van der Waals surface area contributed by atoms with E-state index in [4.69, 9.17) is 0 Å². The predicted molar refractivity (Wildman–Crippen MR) is 131 cm³/mol. The Morgan fingerprint density at radius 2 is 1.81 bits per heavy atom. The van der Waals surface area contributed by atoms with Crippen LogP contribution in [0.15, 0.2) is 52.7 Å². The maximum atomic E-state index is 13.3. The molecule has 4 rings (SSSR count). The van der Waals surface area contributed by atoms with Gasteiger partial charge in [-0.1, -0.05) is 32.0 Å². The number of nitrogens with zero attached hydrogens (tertiary/aromatic N) is 2. The van der Waals surface area contributed by atoms with Gasteiger partial charge in [0.25, 0.3) is 5.91 Å². The third-order valence-corrected chi connectivity index (χ3v) is 9.06. The average Bonchev–Trinajstić information content (AvgIpc) is 3.48. The normalized spacial score (nSPS) is 14.4. The van der Waals surface area contributed by atoms with E-state index in [1.807, 2.05) is 26.0 Å². The van der Waals surface area contributed by atoms with Gasteiger partial charge < -0.3 is 10.2 Å². The lowest BCUT2D eigenvalue weighted by Gasteiger charge is -2.23. The van der Waals surface area contributed by atoms with E-state index >= 15 is 0 Å². The van der Waals surface area contributed by atoms with Gasteiger partial charge in [0.15, 0.2) is 0 Å². The molecule has 1 saturated heterocycles. The molecule has 1 aliphatic heterocycles. The lowest BCUT2D eigenvalue weighted by atomic mass is 10.1. The van der Waals surface area contributed by atoms with E-state index in [2.05, 4.69) is 27.7 Å². The van der Waals surface area contributed by atoms with Crippen LogP contribution in [0.2, 0.25) is 0 Å². The number of benzene rings is 2. The zero-order chi connectivity index (χ0) is 22.7. The largest absolute Gasteiger partial charge is 0.371 e. The first-order chi connectivity index (χ1) is 15.5. The van der Waals surface area contributed by atoms with Crippen LogP contribution in [-0.4, -0.2) is 44.8 Å². The molecule has 6 nitrogen and oxygen atoms in total. The van der Waals surface area contributed by atoms with Crippen LogP contribution in [0.25, 0.3) is 10.1 Å². The Kier molecular flexibility index (Phi) is 6.83. The van der Waals surface area contributed by atoms with Gasteiger partial charge in [-0.2, -0.15) is 4.31 Å². The number of carbonyl (C=O) groups is 1. The van der Waals surface area contributed by atoms with E-state index in [1.165, 1.54) is 9.01 Å². The molecule has 3 aromatic rings. The summed E-state index contributed by atoms with van der Waals surface area (Å²) in [4.78, 5) is 15.6. The highest BCUT2D eigenvalue weighted by molar-refractivity contribution is 7.89. The van der Waals surface area contributed by atoms with E-state index in [1.54, 1.807) is 29.5 Å². The minimum absolute atomic E-state index is 0.162. The maximum absolute atomic E-state index is 13.3. The lowest BCUT2D eigenvalue weighted by Crippen LogP contribution is -2.31. The van der Waals surface area contributed by atoms with Crippen LogP contribution < -0.4 is 10.2 Å². The maximum Gasteiger partial charge on any atom is 0.253 e. The Morgan fingerprint density at radius 3 is 2.53 bits per heavy atom. The van der Waals surface area contributed by atoms with Gasteiger partial charge in [0.2, 0.25) is 10.0 Å². The summed E-state index contributed by atoms with van der Waals surface area (Å²) in [5.41, 5.74) is 2.28. The molecule has 2 aromatic carbocycles. The van der Waals surface area contributed by atoms with E-state index in [9.17, 15) is 13.2 Å². The predicted octanol–water partition coefficient (Wildman–Crippen LogP) is 4.46. The Bertz CT molecular complexity index is 1210. The fourth-order valence-corrected chi connectivity index (χ4v) is 6.69. The van der Waals surface area contributed by atoms with Crippen LogP contribution in [0.5, 0.6) is 0 Å². The average molecular weight is 472 g/mol. The second-order valence-electron chi connectivity index (χ2n) is 7.90. The molecule has 1 aromatic heterocycles. The first kappa shape index (κ1) is 22.8. The standard InChI is InChI=1S/C24H29N3O3S2/c1-3-27(4-2)32(29,30)19-11-12-22(26-13-7-8-14-26)21(15-19)24(28)25-16-18-17-31-23-10-6-5-9-20(18)23/h5-6,9-12,15,17H,3-4,7-8,13-14,16H2,1-2H3,(H,25,28). The Balaban J connectivity index is 1.65. The minimum Gasteiger partial charge on any atom is -0.371 e. The van der Waals surface area contributed by atoms with E-state index < -0.39 is 10.0 Å². The number of nitrogens with one attached hydrogen (secondary N) is 1. The van der Waals surface area contributed by atoms with Crippen molar-refractivity contribution in [3.63, 3.8) is 0 Å². The van der Waals surface area contributed by atoms with Gasteiger partial charge in [0, 0.05) is 43.1 Å². The molecule has 0 radical (unpaired) electrons. The smallest absolute Gasteiger partial charge is 0.253 e. The lowest BCUT2D eigenvalue weighted by molar-refractivity contribution is 0.0951. The topological polar surface area (TPSA) is 69.7 Å². The third-order valence-electron chi connectivity index (χ3n) is 6.00. The molecule has 32 heavy (non-hydrogen) atoms. The summed E-state index contributed by atoms with van der Waals surface area (Å²) in [5.74, 6) is -0.251. The van der Waals surface area contributed by atoms with Crippen molar-refractivity contribution in [2.45, 2.75) is 38.1 Å². The molecule has 0 spiro atoms. The molecule has 1 N–H and O–H groups in total. The highest BCUT2D eigenvalue weighted by Crippen LogP contribution is 2.29. The number of amides is 1. The number of hydrogen-bond donors (Lipinski definition) is 1. The second-order valence-corrected chi connectivity index (χ2v) is 10.8. The van der Waals surface area contributed by atoms with Crippen molar-refractivity contribution in [2.24, 2.45) is 0 Å². The van der Waals surface area contributed by atoms with Crippen LogP contribution in [0.4, 0.5) is 5.69 Å². The first-order valence-electron chi connectivity index (χ1n) is 11.1. The first-order valence-corrected chi connectivity index (χ1v) is 13.4. The zero-order valence-corrected chi connectivity index (χ0v) is 20.1. The van der Waals surface area contributed by atoms with Gasteiger partial charge in [0.05, 0.1) is 10.5 Å². The SMILES string of the molecule is CCN(CC)S(=O)(=O)c1ccc(N2CCCC2)c(C(=O)NCc2csc3ccccc23)c1. The summed E-state index contributed by atoms with van der Waals surface area (Å²) in [7, 11) is -3.65. The summed E-state index contributed by atoms with van der Waals surface area (Å²) in [5, 5.41) is 6.22. The molecule has 1 amide bonds. The fraction of sp³-hybridized carbons (Fsp3) is 0.375. The summed E-state index contributed by atoms with van der Waals surface area (Å²) >= 11 is 1.65. The molecule has 1 aliphatic rings. The molecule has 170 valence electrons. The zero-order valence-electron chi connectivity index (χ0n) is 18.5.